The fraction of sp³-hybridized carbons (Fsp3) is 0.381. The number of likely N-dealkylation sites (N-methyl/N-ethyl adjacent to an activating group) is 2. The molecule has 0 N–H and O–H groups in total. The Morgan fingerprint density at radius 3 is 1.97 bits per heavy atom. The van der Waals surface area contributed by atoms with Gasteiger partial charge in [-0.05, 0) is 35.9 Å². The van der Waals surface area contributed by atoms with E-state index < -0.39 is 28.3 Å². The minimum atomic E-state index is -4.17. The second kappa shape index (κ2) is 10.5. The van der Waals surface area contributed by atoms with Crippen molar-refractivity contribution in [3.8, 4) is 23.0 Å². The molecule has 176 valence electrons. The first-order valence-corrected chi connectivity index (χ1v) is 10.9. The molecule has 0 aliphatic heterocycles. The van der Waals surface area contributed by atoms with Crippen LogP contribution in [0.4, 0.5) is 4.39 Å². The van der Waals surface area contributed by atoms with E-state index >= 15 is 0 Å². The predicted molar refractivity (Wildman–Crippen MR) is 115 cm³/mol. The van der Waals surface area contributed by atoms with Gasteiger partial charge in [-0.15, -0.1) is 0 Å². The maximum absolute atomic E-state index is 13.6. The van der Waals surface area contributed by atoms with E-state index in [1.165, 1.54) is 53.5 Å². The maximum Gasteiger partial charge on any atom is 0.247 e. The molecule has 0 aromatic heterocycles. The molecule has 0 bridgehead atoms. The van der Waals surface area contributed by atoms with Crippen LogP contribution in [0.3, 0.4) is 0 Å². The van der Waals surface area contributed by atoms with Gasteiger partial charge < -0.3 is 23.8 Å². The van der Waals surface area contributed by atoms with Crippen molar-refractivity contribution in [2.75, 3.05) is 49.1 Å². The van der Waals surface area contributed by atoms with Gasteiger partial charge in [0.15, 0.2) is 11.5 Å². The minimum Gasteiger partial charge on any atom is -0.495 e. The number of halogens is 1. The quantitative estimate of drug-likeness (QED) is 0.525. The van der Waals surface area contributed by atoms with Crippen LogP contribution in [0.15, 0.2) is 35.2 Å². The summed E-state index contributed by atoms with van der Waals surface area (Å²) in [6.45, 7) is -0.296. The lowest BCUT2D eigenvalue weighted by Gasteiger charge is -2.23. The summed E-state index contributed by atoms with van der Waals surface area (Å²) >= 11 is 0. The molecule has 1 amide bonds. The number of amides is 1. The van der Waals surface area contributed by atoms with Crippen molar-refractivity contribution in [1.82, 2.24) is 9.21 Å². The molecule has 9 nitrogen and oxygen atoms in total. The number of ether oxygens (including phenoxy) is 4. The molecule has 32 heavy (non-hydrogen) atoms. The SMILES string of the molecule is COc1ccc(F)cc1S(=O)(=O)N(C)CC(=O)N(C)Cc1cc(OC)c(OC)c(OC)c1. The number of methoxy groups -OCH3 is 4. The van der Waals surface area contributed by atoms with E-state index in [-0.39, 0.29) is 17.2 Å². The number of benzene rings is 2. The van der Waals surface area contributed by atoms with Crippen LogP contribution in [0, 0.1) is 5.82 Å². The smallest absolute Gasteiger partial charge is 0.247 e. The average Bonchev–Trinajstić information content (AvgIpc) is 2.77. The summed E-state index contributed by atoms with van der Waals surface area (Å²) in [7, 11) is 4.34. The van der Waals surface area contributed by atoms with Gasteiger partial charge in [-0.2, -0.15) is 4.31 Å². The molecular weight excluding hydrogens is 443 g/mol. The van der Waals surface area contributed by atoms with Crippen LogP contribution in [0.25, 0.3) is 0 Å². The Morgan fingerprint density at radius 1 is 0.906 bits per heavy atom. The highest BCUT2D eigenvalue weighted by Crippen LogP contribution is 2.38. The number of carbonyl (C=O) groups is 1. The normalized spacial score (nSPS) is 11.2. The summed E-state index contributed by atoms with van der Waals surface area (Å²) in [5.41, 5.74) is 0.688. The zero-order valence-electron chi connectivity index (χ0n) is 18.8. The van der Waals surface area contributed by atoms with Gasteiger partial charge in [-0.25, -0.2) is 12.8 Å². The summed E-state index contributed by atoms with van der Waals surface area (Å²) in [5, 5.41) is 0. The highest BCUT2D eigenvalue weighted by Gasteiger charge is 2.28. The zero-order chi connectivity index (χ0) is 24.1. The Hall–Kier alpha value is -3.05. The molecule has 0 heterocycles. The second-order valence-corrected chi connectivity index (χ2v) is 8.85. The molecule has 11 heteroatoms. The van der Waals surface area contributed by atoms with E-state index in [1.807, 2.05) is 0 Å². The number of rotatable bonds is 10. The Kier molecular flexibility index (Phi) is 8.28. The van der Waals surface area contributed by atoms with E-state index in [9.17, 15) is 17.6 Å². The number of hydrogen-bond acceptors (Lipinski definition) is 7. The standard InChI is InChI=1S/C21H27FN2O7S/c1-23(12-14-9-17(29-4)21(31-6)18(10-14)30-5)20(25)13-24(2)32(26,27)19-11-15(22)7-8-16(19)28-3/h7-11H,12-13H2,1-6H3. The largest absolute Gasteiger partial charge is 0.495 e. The lowest BCUT2D eigenvalue weighted by Crippen LogP contribution is -2.39. The first kappa shape index (κ1) is 25.2. The molecular formula is C21H27FN2O7S. The Bertz CT molecular complexity index is 1050. The third kappa shape index (κ3) is 5.40. The molecule has 0 spiro atoms. The molecule has 0 fully saturated rings. The maximum atomic E-state index is 13.6. The van der Waals surface area contributed by atoms with Gasteiger partial charge >= 0.3 is 0 Å². The van der Waals surface area contributed by atoms with Crippen LogP contribution >= 0.6 is 0 Å². The molecule has 0 radical (unpaired) electrons. The van der Waals surface area contributed by atoms with Gasteiger partial charge in [0.05, 0.1) is 35.0 Å². The summed E-state index contributed by atoms with van der Waals surface area (Å²) in [6.07, 6.45) is 0. The van der Waals surface area contributed by atoms with Crippen molar-refractivity contribution in [3.63, 3.8) is 0 Å². The molecule has 0 aliphatic carbocycles. The van der Waals surface area contributed by atoms with Crippen LogP contribution in [-0.2, 0) is 21.4 Å². The number of sulfonamides is 1. The highest BCUT2D eigenvalue weighted by molar-refractivity contribution is 7.89. The molecule has 0 aliphatic rings. The van der Waals surface area contributed by atoms with Crippen molar-refractivity contribution in [1.29, 1.82) is 0 Å². The third-order valence-electron chi connectivity index (χ3n) is 4.74. The number of nitrogens with zero attached hydrogens (tertiary/aromatic N) is 2. The fourth-order valence-electron chi connectivity index (χ4n) is 3.00. The summed E-state index contributed by atoms with van der Waals surface area (Å²) < 4.78 is 61.2. The molecule has 2 rings (SSSR count). The average molecular weight is 471 g/mol. The van der Waals surface area contributed by atoms with E-state index in [1.54, 1.807) is 12.1 Å². The van der Waals surface area contributed by atoms with Crippen LogP contribution in [0.1, 0.15) is 5.56 Å². The van der Waals surface area contributed by atoms with E-state index in [2.05, 4.69) is 0 Å². The van der Waals surface area contributed by atoms with Crippen molar-refractivity contribution in [2.24, 2.45) is 0 Å². The van der Waals surface area contributed by atoms with Gasteiger partial charge in [0.2, 0.25) is 21.7 Å². The highest BCUT2D eigenvalue weighted by atomic mass is 32.2. The zero-order valence-corrected chi connectivity index (χ0v) is 19.7. The van der Waals surface area contributed by atoms with Crippen LogP contribution in [-0.4, -0.2) is 72.6 Å². The topological polar surface area (TPSA) is 94.6 Å². The third-order valence-corrected chi connectivity index (χ3v) is 6.57. The van der Waals surface area contributed by atoms with Crippen molar-refractivity contribution >= 4 is 15.9 Å². The molecule has 0 atom stereocenters. The van der Waals surface area contributed by atoms with Gasteiger partial charge in [-0.3, -0.25) is 4.79 Å². The van der Waals surface area contributed by atoms with Crippen molar-refractivity contribution in [2.45, 2.75) is 11.4 Å². The monoisotopic (exact) mass is 470 g/mol. The first-order chi connectivity index (χ1) is 15.1. The van der Waals surface area contributed by atoms with Crippen LogP contribution in [0.2, 0.25) is 0 Å². The van der Waals surface area contributed by atoms with E-state index in [0.717, 1.165) is 16.4 Å². The van der Waals surface area contributed by atoms with E-state index in [4.69, 9.17) is 18.9 Å². The molecule has 0 saturated carbocycles. The molecule has 0 unspecified atom stereocenters. The van der Waals surface area contributed by atoms with Gasteiger partial charge in [0.1, 0.15) is 16.5 Å². The second-order valence-electron chi connectivity index (χ2n) is 6.84. The summed E-state index contributed by atoms with van der Waals surface area (Å²) in [4.78, 5) is 13.7. The first-order valence-electron chi connectivity index (χ1n) is 9.41. The predicted octanol–water partition coefficient (Wildman–Crippen LogP) is 2.14. The lowest BCUT2D eigenvalue weighted by molar-refractivity contribution is -0.130. The Morgan fingerprint density at radius 2 is 1.47 bits per heavy atom. The summed E-state index contributed by atoms with van der Waals surface area (Å²) in [6, 6.07) is 6.56. The Labute approximate surface area is 187 Å². The lowest BCUT2D eigenvalue weighted by atomic mass is 10.1. The van der Waals surface area contributed by atoms with Crippen molar-refractivity contribution in [3.05, 3.63) is 41.7 Å². The van der Waals surface area contributed by atoms with Crippen LogP contribution < -0.4 is 18.9 Å². The van der Waals surface area contributed by atoms with Crippen molar-refractivity contribution < 1.29 is 36.6 Å². The number of hydrogen-bond donors (Lipinski definition) is 0. The van der Waals surface area contributed by atoms with E-state index in [0.29, 0.717) is 22.8 Å². The molecule has 2 aromatic carbocycles. The molecule has 2 aromatic rings. The van der Waals surface area contributed by atoms with Gasteiger partial charge in [0.25, 0.3) is 0 Å². The Balaban J connectivity index is 2.20. The van der Waals surface area contributed by atoms with Gasteiger partial charge in [-0.1, -0.05) is 0 Å². The fourth-order valence-corrected chi connectivity index (χ4v) is 4.29. The van der Waals surface area contributed by atoms with Crippen LogP contribution in [0.5, 0.6) is 23.0 Å². The molecule has 0 saturated heterocycles. The number of carbonyl (C=O) groups excluding carboxylic acids is 1. The summed E-state index contributed by atoms with van der Waals surface area (Å²) in [5.74, 6) is 0.0593. The van der Waals surface area contributed by atoms with Gasteiger partial charge in [0, 0.05) is 20.6 Å². The minimum absolute atomic E-state index is 0.0172.